The summed E-state index contributed by atoms with van der Waals surface area (Å²) in [5.41, 5.74) is 1.85. The van der Waals surface area contributed by atoms with Gasteiger partial charge in [-0.1, -0.05) is 15.9 Å². The van der Waals surface area contributed by atoms with Crippen molar-refractivity contribution in [3.8, 4) is 0 Å². The van der Waals surface area contributed by atoms with Crippen LogP contribution < -0.4 is 10.6 Å². The zero-order valence-corrected chi connectivity index (χ0v) is 9.10. The first-order chi connectivity index (χ1) is 6.13. The molecule has 2 N–H and O–H groups in total. The number of rotatable bonds is 1. The molecule has 0 saturated heterocycles. The SMILES string of the molecule is CNC(=O)Nc1ccc(Br)cc1C. The molecule has 1 aromatic carbocycles. The Labute approximate surface area is 85.7 Å². The lowest BCUT2D eigenvalue weighted by Crippen LogP contribution is -2.24. The van der Waals surface area contributed by atoms with Crippen molar-refractivity contribution in [3.63, 3.8) is 0 Å². The highest BCUT2D eigenvalue weighted by Crippen LogP contribution is 2.19. The zero-order valence-electron chi connectivity index (χ0n) is 7.52. The molecule has 70 valence electrons. The van der Waals surface area contributed by atoms with Crippen LogP contribution >= 0.6 is 15.9 Å². The summed E-state index contributed by atoms with van der Waals surface area (Å²) in [7, 11) is 1.59. The summed E-state index contributed by atoms with van der Waals surface area (Å²) in [6.07, 6.45) is 0. The Hall–Kier alpha value is -1.03. The van der Waals surface area contributed by atoms with E-state index in [1.807, 2.05) is 25.1 Å². The second kappa shape index (κ2) is 4.28. The number of benzene rings is 1. The molecule has 13 heavy (non-hydrogen) atoms. The molecule has 0 aromatic heterocycles. The second-order valence-electron chi connectivity index (χ2n) is 2.66. The number of anilines is 1. The minimum Gasteiger partial charge on any atom is -0.341 e. The third-order valence-corrected chi connectivity index (χ3v) is 2.16. The maximum Gasteiger partial charge on any atom is 0.318 e. The first-order valence-electron chi connectivity index (χ1n) is 3.88. The van der Waals surface area contributed by atoms with Crippen molar-refractivity contribution in [2.45, 2.75) is 6.92 Å². The molecule has 0 heterocycles. The average molecular weight is 243 g/mol. The van der Waals surface area contributed by atoms with Gasteiger partial charge in [-0.05, 0) is 30.7 Å². The van der Waals surface area contributed by atoms with E-state index in [4.69, 9.17) is 0 Å². The topological polar surface area (TPSA) is 41.1 Å². The highest BCUT2D eigenvalue weighted by Gasteiger charge is 2.01. The monoisotopic (exact) mass is 242 g/mol. The number of carbonyl (C=O) groups excluding carboxylic acids is 1. The second-order valence-corrected chi connectivity index (χ2v) is 3.58. The van der Waals surface area contributed by atoms with Gasteiger partial charge in [-0.3, -0.25) is 0 Å². The molecular weight excluding hydrogens is 232 g/mol. The van der Waals surface area contributed by atoms with Crippen LogP contribution in [0.4, 0.5) is 10.5 Å². The molecule has 0 aliphatic heterocycles. The molecule has 4 heteroatoms. The fourth-order valence-electron chi connectivity index (χ4n) is 0.952. The van der Waals surface area contributed by atoms with Crippen LogP contribution in [0.3, 0.4) is 0 Å². The molecule has 0 radical (unpaired) electrons. The van der Waals surface area contributed by atoms with Crippen LogP contribution in [-0.2, 0) is 0 Å². The van der Waals surface area contributed by atoms with Gasteiger partial charge in [0.25, 0.3) is 0 Å². The highest BCUT2D eigenvalue weighted by molar-refractivity contribution is 9.10. The zero-order chi connectivity index (χ0) is 9.84. The first-order valence-corrected chi connectivity index (χ1v) is 4.67. The van der Waals surface area contributed by atoms with Crippen LogP contribution in [0, 0.1) is 6.92 Å². The summed E-state index contributed by atoms with van der Waals surface area (Å²) >= 11 is 3.35. The van der Waals surface area contributed by atoms with Crippen molar-refractivity contribution in [2.24, 2.45) is 0 Å². The molecule has 2 amide bonds. The van der Waals surface area contributed by atoms with E-state index in [0.717, 1.165) is 15.7 Å². The van der Waals surface area contributed by atoms with Crippen molar-refractivity contribution >= 4 is 27.6 Å². The highest BCUT2D eigenvalue weighted by atomic mass is 79.9. The molecular formula is C9H11BrN2O. The lowest BCUT2D eigenvalue weighted by Gasteiger charge is -2.07. The van der Waals surface area contributed by atoms with E-state index in [1.54, 1.807) is 7.05 Å². The molecule has 0 spiro atoms. The van der Waals surface area contributed by atoms with E-state index < -0.39 is 0 Å². The molecule has 3 nitrogen and oxygen atoms in total. The number of halogens is 1. The Morgan fingerprint density at radius 2 is 2.15 bits per heavy atom. The normalized spacial score (nSPS) is 9.46. The van der Waals surface area contributed by atoms with E-state index in [9.17, 15) is 4.79 Å². The molecule has 1 rings (SSSR count). The fraction of sp³-hybridized carbons (Fsp3) is 0.222. The molecule has 0 saturated carbocycles. The lowest BCUT2D eigenvalue weighted by atomic mass is 10.2. The average Bonchev–Trinajstić information content (AvgIpc) is 2.09. The van der Waals surface area contributed by atoms with Crippen molar-refractivity contribution < 1.29 is 4.79 Å². The third kappa shape index (κ3) is 2.73. The maximum absolute atomic E-state index is 11.0. The Bertz CT molecular complexity index is 325. The number of hydrogen-bond acceptors (Lipinski definition) is 1. The minimum absolute atomic E-state index is 0.203. The molecule has 0 bridgehead atoms. The number of nitrogens with one attached hydrogen (secondary N) is 2. The minimum atomic E-state index is -0.203. The van der Waals surface area contributed by atoms with Crippen LogP contribution in [0.1, 0.15) is 5.56 Å². The Balaban J connectivity index is 2.83. The largest absolute Gasteiger partial charge is 0.341 e. The summed E-state index contributed by atoms with van der Waals surface area (Å²) in [4.78, 5) is 11.0. The van der Waals surface area contributed by atoms with Crippen LogP contribution in [0.5, 0.6) is 0 Å². The summed E-state index contributed by atoms with van der Waals surface area (Å²) in [5, 5.41) is 5.21. The summed E-state index contributed by atoms with van der Waals surface area (Å²) in [6, 6.07) is 5.49. The van der Waals surface area contributed by atoms with Gasteiger partial charge in [-0.15, -0.1) is 0 Å². The van der Waals surface area contributed by atoms with E-state index in [0.29, 0.717) is 0 Å². The van der Waals surface area contributed by atoms with E-state index in [-0.39, 0.29) is 6.03 Å². The van der Waals surface area contributed by atoms with Crippen LogP contribution in [0.15, 0.2) is 22.7 Å². The van der Waals surface area contributed by atoms with Crippen LogP contribution in [0.2, 0.25) is 0 Å². The first kappa shape index (κ1) is 10.1. The van der Waals surface area contributed by atoms with Crippen LogP contribution in [-0.4, -0.2) is 13.1 Å². The molecule has 0 unspecified atom stereocenters. The van der Waals surface area contributed by atoms with Crippen molar-refractivity contribution in [2.75, 3.05) is 12.4 Å². The standard InChI is InChI=1S/C9H11BrN2O/c1-6-5-7(10)3-4-8(6)12-9(13)11-2/h3-5H,1-2H3,(H2,11,12,13). The van der Waals surface area contributed by atoms with Gasteiger partial charge in [0.15, 0.2) is 0 Å². The van der Waals surface area contributed by atoms with Gasteiger partial charge in [0, 0.05) is 17.2 Å². The Morgan fingerprint density at radius 3 is 2.69 bits per heavy atom. The predicted molar refractivity (Wildman–Crippen MR) is 57.0 cm³/mol. The molecule has 0 fully saturated rings. The number of carbonyl (C=O) groups is 1. The fourth-order valence-corrected chi connectivity index (χ4v) is 1.43. The summed E-state index contributed by atoms with van der Waals surface area (Å²) in [6.45, 7) is 1.94. The van der Waals surface area contributed by atoms with Gasteiger partial charge in [-0.2, -0.15) is 0 Å². The van der Waals surface area contributed by atoms with E-state index in [1.165, 1.54) is 0 Å². The van der Waals surface area contributed by atoms with Gasteiger partial charge in [0.2, 0.25) is 0 Å². The molecule has 1 aromatic rings. The smallest absolute Gasteiger partial charge is 0.318 e. The predicted octanol–water partition coefficient (Wildman–Crippen LogP) is 2.51. The van der Waals surface area contributed by atoms with Crippen molar-refractivity contribution in [3.05, 3.63) is 28.2 Å². The molecule has 0 atom stereocenters. The number of urea groups is 1. The van der Waals surface area contributed by atoms with Crippen molar-refractivity contribution in [1.82, 2.24) is 5.32 Å². The quantitative estimate of drug-likeness (QED) is 0.781. The van der Waals surface area contributed by atoms with Crippen LogP contribution in [0.25, 0.3) is 0 Å². The van der Waals surface area contributed by atoms with Gasteiger partial charge >= 0.3 is 6.03 Å². The van der Waals surface area contributed by atoms with Gasteiger partial charge < -0.3 is 10.6 Å². The number of aryl methyl sites for hydroxylation is 1. The number of hydrogen-bond donors (Lipinski definition) is 2. The lowest BCUT2D eigenvalue weighted by molar-refractivity contribution is 0.254. The maximum atomic E-state index is 11.0. The van der Waals surface area contributed by atoms with Crippen molar-refractivity contribution in [1.29, 1.82) is 0 Å². The third-order valence-electron chi connectivity index (χ3n) is 1.66. The Kier molecular flexibility index (Phi) is 3.31. The van der Waals surface area contributed by atoms with E-state index >= 15 is 0 Å². The summed E-state index contributed by atoms with van der Waals surface area (Å²) in [5.74, 6) is 0. The number of amides is 2. The molecule has 0 aliphatic rings. The van der Waals surface area contributed by atoms with Gasteiger partial charge in [-0.25, -0.2) is 4.79 Å². The molecule has 0 aliphatic carbocycles. The van der Waals surface area contributed by atoms with Gasteiger partial charge in [0.05, 0.1) is 0 Å². The van der Waals surface area contributed by atoms with E-state index in [2.05, 4.69) is 26.6 Å². The Morgan fingerprint density at radius 1 is 1.46 bits per heavy atom. The summed E-state index contributed by atoms with van der Waals surface area (Å²) < 4.78 is 1.01. The van der Waals surface area contributed by atoms with Gasteiger partial charge in [0.1, 0.15) is 0 Å².